The molecule has 0 fully saturated rings. The number of aliphatic imine (C=N–C) groups is 1. The van der Waals surface area contributed by atoms with Crippen LogP contribution in [-0.2, 0) is 4.74 Å². The standard InChI is InChI=1S/C13H18N2O2/c1-16-12-6-4-10(5-7-12)13-15-11(9-17-13)3-2-8-14/h4-7,11H,2-3,8-9,14H2,1H3. The van der Waals surface area contributed by atoms with Gasteiger partial charge in [0.1, 0.15) is 12.4 Å². The van der Waals surface area contributed by atoms with Crippen LogP contribution in [0.3, 0.4) is 0 Å². The second-order valence-corrected chi connectivity index (χ2v) is 4.06. The van der Waals surface area contributed by atoms with Crippen LogP contribution >= 0.6 is 0 Å². The van der Waals surface area contributed by atoms with Crippen LogP contribution in [0.1, 0.15) is 18.4 Å². The third-order valence-electron chi connectivity index (χ3n) is 2.79. The van der Waals surface area contributed by atoms with E-state index in [1.165, 1.54) is 0 Å². The molecule has 4 heteroatoms. The van der Waals surface area contributed by atoms with E-state index in [4.69, 9.17) is 15.2 Å². The molecule has 0 radical (unpaired) electrons. The molecule has 2 N–H and O–H groups in total. The van der Waals surface area contributed by atoms with Gasteiger partial charge in [-0.25, -0.2) is 4.99 Å². The summed E-state index contributed by atoms with van der Waals surface area (Å²) >= 11 is 0. The minimum atomic E-state index is 0.260. The Hall–Kier alpha value is -1.55. The number of methoxy groups -OCH3 is 1. The van der Waals surface area contributed by atoms with E-state index in [0.29, 0.717) is 13.2 Å². The van der Waals surface area contributed by atoms with Crippen molar-refractivity contribution in [1.82, 2.24) is 0 Å². The summed E-state index contributed by atoms with van der Waals surface area (Å²) in [6.45, 7) is 1.38. The van der Waals surface area contributed by atoms with Crippen molar-refractivity contribution in [3.05, 3.63) is 29.8 Å². The lowest BCUT2D eigenvalue weighted by Gasteiger charge is -2.02. The van der Waals surface area contributed by atoms with Gasteiger partial charge in [0, 0.05) is 5.56 Å². The molecule has 1 aliphatic heterocycles. The molecule has 0 amide bonds. The number of ether oxygens (including phenoxy) is 2. The zero-order chi connectivity index (χ0) is 12.1. The second kappa shape index (κ2) is 5.68. The van der Waals surface area contributed by atoms with Crippen molar-refractivity contribution in [1.29, 1.82) is 0 Å². The molecule has 4 nitrogen and oxygen atoms in total. The van der Waals surface area contributed by atoms with E-state index in [1.54, 1.807) is 7.11 Å². The van der Waals surface area contributed by atoms with Crippen LogP contribution in [0.4, 0.5) is 0 Å². The maximum Gasteiger partial charge on any atom is 0.216 e. The van der Waals surface area contributed by atoms with Crippen molar-refractivity contribution in [2.24, 2.45) is 10.7 Å². The fraction of sp³-hybridized carbons (Fsp3) is 0.462. The van der Waals surface area contributed by atoms with E-state index < -0.39 is 0 Å². The molecule has 0 aromatic heterocycles. The summed E-state index contributed by atoms with van der Waals surface area (Å²) in [6.07, 6.45) is 1.99. The molecule has 0 spiro atoms. The molecular formula is C13H18N2O2. The van der Waals surface area contributed by atoms with Crippen LogP contribution < -0.4 is 10.5 Å². The molecule has 1 aliphatic rings. The largest absolute Gasteiger partial charge is 0.497 e. The summed E-state index contributed by atoms with van der Waals surface area (Å²) in [6, 6.07) is 8.00. The highest BCUT2D eigenvalue weighted by atomic mass is 16.5. The first-order valence-corrected chi connectivity index (χ1v) is 5.88. The molecule has 92 valence electrons. The van der Waals surface area contributed by atoms with E-state index in [2.05, 4.69) is 4.99 Å². The monoisotopic (exact) mass is 234 g/mol. The molecule has 17 heavy (non-hydrogen) atoms. The molecule has 1 atom stereocenters. The van der Waals surface area contributed by atoms with Gasteiger partial charge in [0.25, 0.3) is 0 Å². The van der Waals surface area contributed by atoms with Crippen LogP contribution in [0.25, 0.3) is 0 Å². The van der Waals surface area contributed by atoms with E-state index in [1.807, 2.05) is 24.3 Å². The smallest absolute Gasteiger partial charge is 0.216 e. The van der Waals surface area contributed by atoms with Gasteiger partial charge in [-0.2, -0.15) is 0 Å². The van der Waals surface area contributed by atoms with Crippen LogP contribution in [-0.4, -0.2) is 32.2 Å². The highest BCUT2D eigenvalue weighted by Crippen LogP contribution is 2.17. The predicted molar refractivity (Wildman–Crippen MR) is 67.6 cm³/mol. The summed E-state index contributed by atoms with van der Waals surface area (Å²) < 4.78 is 10.7. The Morgan fingerprint density at radius 2 is 2.18 bits per heavy atom. The Labute approximate surface area is 101 Å². The molecule has 1 heterocycles. The Bertz CT molecular complexity index is 387. The molecule has 0 bridgehead atoms. The highest BCUT2D eigenvalue weighted by molar-refractivity contribution is 5.95. The summed E-state index contributed by atoms with van der Waals surface area (Å²) in [7, 11) is 1.65. The van der Waals surface area contributed by atoms with Crippen LogP contribution in [0.2, 0.25) is 0 Å². The first kappa shape index (κ1) is 11.9. The van der Waals surface area contributed by atoms with Gasteiger partial charge in [-0.1, -0.05) is 0 Å². The van der Waals surface area contributed by atoms with Gasteiger partial charge < -0.3 is 15.2 Å². The normalized spacial score (nSPS) is 18.7. The van der Waals surface area contributed by atoms with Gasteiger partial charge in [0.15, 0.2) is 0 Å². The number of rotatable bonds is 5. The number of hydrogen-bond acceptors (Lipinski definition) is 4. The van der Waals surface area contributed by atoms with E-state index >= 15 is 0 Å². The van der Waals surface area contributed by atoms with Gasteiger partial charge in [-0.05, 0) is 43.7 Å². The number of nitrogens with two attached hydrogens (primary N) is 1. The molecule has 1 unspecified atom stereocenters. The van der Waals surface area contributed by atoms with Gasteiger partial charge in [0.05, 0.1) is 13.2 Å². The van der Waals surface area contributed by atoms with Crippen LogP contribution in [0.5, 0.6) is 5.75 Å². The van der Waals surface area contributed by atoms with Crippen molar-refractivity contribution in [3.8, 4) is 5.75 Å². The van der Waals surface area contributed by atoms with E-state index in [-0.39, 0.29) is 6.04 Å². The topological polar surface area (TPSA) is 56.8 Å². The minimum absolute atomic E-state index is 0.260. The van der Waals surface area contributed by atoms with Crippen molar-refractivity contribution >= 4 is 5.90 Å². The number of benzene rings is 1. The lowest BCUT2D eigenvalue weighted by atomic mass is 10.2. The quantitative estimate of drug-likeness (QED) is 0.841. The maximum atomic E-state index is 5.59. The molecule has 0 saturated heterocycles. The zero-order valence-corrected chi connectivity index (χ0v) is 10.1. The van der Waals surface area contributed by atoms with Crippen molar-refractivity contribution in [2.75, 3.05) is 20.3 Å². The first-order chi connectivity index (χ1) is 8.33. The Morgan fingerprint density at radius 3 is 2.82 bits per heavy atom. The molecule has 1 aromatic carbocycles. The summed E-state index contributed by atoms with van der Waals surface area (Å²) in [4.78, 5) is 4.55. The number of hydrogen-bond donors (Lipinski definition) is 1. The van der Waals surface area contributed by atoms with Crippen LogP contribution in [0, 0.1) is 0 Å². The average molecular weight is 234 g/mol. The van der Waals surface area contributed by atoms with Crippen molar-refractivity contribution in [2.45, 2.75) is 18.9 Å². The Morgan fingerprint density at radius 1 is 1.41 bits per heavy atom. The predicted octanol–water partition coefficient (Wildman–Crippen LogP) is 1.58. The molecular weight excluding hydrogens is 216 g/mol. The van der Waals surface area contributed by atoms with Crippen molar-refractivity contribution < 1.29 is 9.47 Å². The minimum Gasteiger partial charge on any atom is -0.497 e. The fourth-order valence-corrected chi connectivity index (χ4v) is 1.81. The van der Waals surface area contributed by atoms with Gasteiger partial charge in [-0.3, -0.25) is 0 Å². The summed E-state index contributed by atoms with van der Waals surface area (Å²) in [5.41, 5.74) is 6.48. The lowest BCUT2D eigenvalue weighted by Crippen LogP contribution is -2.09. The van der Waals surface area contributed by atoms with Gasteiger partial charge >= 0.3 is 0 Å². The lowest BCUT2D eigenvalue weighted by molar-refractivity contribution is 0.311. The third kappa shape index (κ3) is 2.97. The third-order valence-corrected chi connectivity index (χ3v) is 2.79. The van der Waals surface area contributed by atoms with E-state index in [9.17, 15) is 0 Å². The molecule has 2 rings (SSSR count). The average Bonchev–Trinajstić information content (AvgIpc) is 2.85. The van der Waals surface area contributed by atoms with Gasteiger partial charge in [-0.15, -0.1) is 0 Å². The van der Waals surface area contributed by atoms with Gasteiger partial charge in [0.2, 0.25) is 5.90 Å². The SMILES string of the molecule is COc1ccc(C2=NC(CCCN)CO2)cc1. The Balaban J connectivity index is 2.02. The molecule has 0 aliphatic carbocycles. The van der Waals surface area contributed by atoms with Crippen LogP contribution in [0.15, 0.2) is 29.3 Å². The second-order valence-electron chi connectivity index (χ2n) is 4.06. The zero-order valence-electron chi connectivity index (χ0n) is 10.1. The summed E-state index contributed by atoms with van der Waals surface area (Å²) in [5.74, 6) is 1.57. The van der Waals surface area contributed by atoms with E-state index in [0.717, 1.165) is 30.1 Å². The summed E-state index contributed by atoms with van der Waals surface area (Å²) in [5, 5.41) is 0. The fourth-order valence-electron chi connectivity index (χ4n) is 1.81. The Kier molecular flexibility index (Phi) is 3.98. The molecule has 0 saturated carbocycles. The van der Waals surface area contributed by atoms with Crippen molar-refractivity contribution in [3.63, 3.8) is 0 Å². The highest BCUT2D eigenvalue weighted by Gasteiger charge is 2.19. The number of nitrogens with zero attached hydrogens (tertiary/aromatic N) is 1. The maximum absolute atomic E-state index is 5.59. The molecule has 1 aromatic rings. The first-order valence-electron chi connectivity index (χ1n) is 5.88.